The summed E-state index contributed by atoms with van der Waals surface area (Å²) in [6.45, 7) is 5.73. The molecule has 0 aromatic heterocycles. The van der Waals surface area contributed by atoms with Crippen LogP contribution in [-0.2, 0) is 0 Å². The minimum atomic E-state index is 0.497. The fourth-order valence-electron chi connectivity index (χ4n) is 3.23. The maximum Gasteiger partial charge on any atom is 0.0349 e. The molecular weight excluding hydrogens is 378 g/mol. The summed E-state index contributed by atoms with van der Waals surface area (Å²) in [6, 6.07) is 7.16. The van der Waals surface area contributed by atoms with Gasteiger partial charge in [0, 0.05) is 15.0 Å². The van der Waals surface area contributed by atoms with Crippen molar-refractivity contribution in [2.45, 2.75) is 52.0 Å². The molecule has 0 radical (unpaired) electrons. The van der Waals surface area contributed by atoms with Gasteiger partial charge < -0.3 is 5.32 Å². The number of hydrogen-bond acceptors (Lipinski definition) is 1. The molecular formula is C17H25Br2N. The molecule has 1 aliphatic rings. The van der Waals surface area contributed by atoms with Crippen LogP contribution in [0.2, 0.25) is 0 Å². The second-order valence-electron chi connectivity index (χ2n) is 6.15. The van der Waals surface area contributed by atoms with Gasteiger partial charge in [-0.2, -0.15) is 0 Å². The lowest BCUT2D eigenvalue weighted by Crippen LogP contribution is -2.31. The van der Waals surface area contributed by atoms with E-state index in [1.807, 2.05) is 0 Å². The van der Waals surface area contributed by atoms with E-state index in [1.54, 1.807) is 0 Å². The van der Waals surface area contributed by atoms with Crippen molar-refractivity contribution in [3.8, 4) is 0 Å². The Balaban J connectivity index is 2.17. The molecule has 3 heteroatoms. The molecule has 0 amide bonds. The average Bonchev–Trinajstić information content (AvgIpc) is 2.40. The first-order valence-corrected chi connectivity index (χ1v) is 9.38. The maximum absolute atomic E-state index is 3.78. The predicted molar refractivity (Wildman–Crippen MR) is 94.0 cm³/mol. The lowest BCUT2D eigenvalue weighted by Gasteiger charge is -2.34. The van der Waals surface area contributed by atoms with Gasteiger partial charge in [0.15, 0.2) is 0 Å². The first kappa shape index (κ1) is 16.5. The highest BCUT2D eigenvalue weighted by Crippen LogP contribution is 2.38. The van der Waals surface area contributed by atoms with Crippen LogP contribution in [0.1, 0.15) is 57.6 Å². The third kappa shape index (κ3) is 4.57. The summed E-state index contributed by atoms with van der Waals surface area (Å²) in [5, 5.41) is 3.78. The molecule has 0 heterocycles. The standard InChI is InChI=1S/C17H25Br2N/c1-3-8-20-17(13-6-4-12(2)5-7-13)14-9-15(18)11-16(19)10-14/h9-13,17,20H,3-8H2,1-2H3. The molecule has 2 rings (SSSR count). The van der Waals surface area contributed by atoms with Gasteiger partial charge in [-0.1, -0.05) is 58.5 Å². The van der Waals surface area contributed by atoms with Gasteiger partial charge in [-0.05, 0) is 61.4 Å². The smallest absolute Gasteiger partial charge is 0.0349 e. The molecule has 1 unspecified atom stereocenters. The van der Waals surface area contributed by atoms with Gasteiger partial charge in [0.2, 0.25) is 0 Å². The van der Waals surface area contributed by atoms with E-state index in [-0.39, 0.29) is 0 Å². The van der Waals surface area contributed by atoms with E-state index in [4.69, 9.17) is 0 Å². The van der Waals surface area contributed by atoms with Gasteiger partial charge >= 0.3 is 0 Å². The summed E-state index contributed by atoms with van der Waals surface area (Å²) in [7, 11) is 0. The first-order valence-electron chi connectivity index (χ1n) is 7.79. The Kier molecular flexibility index (Phi) is 6.57. The molecule has 1 fully saturated rings. The van der Waals surface area contributed by atoms with Gasteiger partial charge in [0.25, 0.3) is 0 Å². The molecule has 1 aromatic rings. The van der Waals surface area contributed by atoms with E-state index in [2.05, 4.69) is 69.2 Å². The molecule has 1 aliphatic carbocycles. The molecule has 0 spiro atoms. The van der Waals surface area contributed by atoms with Gasteiger partial charge in [0.1, 0.15) is 0 Å². The van der Waals surface area contributed by atoms with Crippen molar-refractivity contribution in [1.82, 2.24) is 5.32 Å². The first-order chi connectivity index (χ1) is 9.60. The van der Waals surface area contributed by atoms with E-state index < -0.39 is 0 Å². The number of benzene rings is 1. The molecule has 1 saturated carbocycles. The molecule has 20 heavy (non-hydrogen) atoms. The number of hydrogen-bond donors (Lipinski definition) is 1. The number of nitrogens with one attached hydrogen (secondary N) is 1. The van der Waals surface area contributed by atoms with Crippen LogP contribution < -0.4 is 5.32 Å². The van der Waals surface area contributed by atoms with Crippen molar-refractivity contribution in [2.24, 2.45) is 11.8 Å². The van der Waals surface area contributed by atoms with Crippen LogP contribution >= 0.6 is 31.9 Å². The third-order valence-corrected chi connectivity index (χ3v) is 5.31. The minimum Gasteiger partial charge on any atom is -0.310 e. The van der Waals surface area contributed by atoms with E-state index in [1.165, 1.54) is 37.7 Å². The van der Waals surface area contributed by atoms with Crippen LogP contribution in [0.15, 0.2) is 27.1 Å². The maximum atomic E-state index is 3.78. The lowest BCUT2D eigenvalue weighted by atomic mass is 9.77. The largest absolute Gasteiger partial charge is 0.310 e. The fraction of sp³-hybridized carbons (Fsp3) is 0.647. The molecule has 1 atom stereocenters. The Bertz CT molecular complexity index is 405. The van der Waals surface area contributed by atoms with E-state index in [0.717, 1.165) is 27.3 Å². The molecule has 112 valence electrons. The Morgan fingerprint density at radius 3 is 2.25 bits per heavy atom. The van der Waals surface area contributed by atoms with Gasteiger partial charge in [0.05, 0.1) is 0 Å². The molecule has 1 nitrogen and oxygen atoms in total. The highest BCUT2D eigenvalue weighted by Gasteiger charge is 2.27. The minimum absolute atomic E-state index is 0.497. The zero-order chi connectivity index (χ0) is 14.5. The molecule has 0 bridgehead atoms. The summed E-state index contributed by atoms with van der Waals surface area (Å²) in [5.41, 5.74) is 1.42. The van der Waals surface area contributed by atoms with Crippen molar-refractivity contribution < 1.29 is 0 Å². The number of halogens is 2. The van der Waals surface area contributed by atoms with Crippen molar-refractivity contribution >= 4 is 31.9 Å². The highest BCUT2D eigenvalue weighted by molar-refractivity contribution is 9.11. The SMILES string of the molecule is CCCNC(c1cc(Br)cc(Br)c1)C1CCC(C)CC1. The van der Waals surface area contributed by atoms with E-state index in [9.17, 15) is 0 Å². The highest BCUT2D eigenvalue weighted by atomic mass is 79.9. The summed E-state index contributed by atoms with van der Waals surface area (Å²) >= 11 is 7.25. The van der Waals surface area contributed by atoms with Crippen LogP contribution in [-0.4, -0.2) is 6.54 Å². The molecule has 1 N–H and O–H groups in total. The average molecular weight is 403 g/mol. The van der Waals surface area contributed by atoms with Crippen molar-refractivity contribution in [1.29, 1.82) is 0 Å². The van der Waals surface area contributed by atoms with Crippen LogP contribution in [0.25, 0.3) is 0 Å². The lowest BCUT2D eigenvalue weighted by molar-refractivity contribution is 0.231. The zero-order valence-electron chi connectivity index (χ0n) is 12.5. The third-order valence-electron chi connectivity index (χ3n) is 4.39. The summed E-state index contributed by atoms with van der Waals surface area (Å²) in [6.07, 6.45) is 6.66. The topological polar surface area (TPSA) is 12.0 Å². The Morgan fingerprint density at radius 1 is 1.10 bits per heavy atom. The Morgan fingerprint density at radius 2 is 1.70 bits per heavy atom. The second-order valence-corrected chi connectivity index (χ2v) is 7.99. The summed E-state index contributed by atoms with van der Waals surface area (Å²) < 4.78 is 2.32. The zero-order valence-corrected chi connectivity index (χ0v) is 15.6. The Labute approximate surface area is 140 Å². The van der Waals surface area contributed by atoms with Crippen molar-refractivity contribution in [3.05, 3.63) is 32.7 Å². The molecule has 0 aliphatic heterocycles. The monoisotopic (exact) mass is 401 g/mol. The normalized spacial score (nSPS) is 24.6. The Hall–Kier alpha value is 0.140. The summed E-state index contributed by atoms with van der Waals surface area (Å²) in [5.74, 6) is 1.69. The van der Waals surface area contributed by atoms with E-state index >= 15 is 0 Å². The van der Waals surface area contributed by atoms with Crippen LogP contribution in [0, 0.1) is 11.8 Å². The molecule has 0 saturated heterocycles. The van der Waals surface area contributed by atoms with Gasteiger partial charge in [-0.3, -0.25) is 0 Å². The van der Waals surface area contributed by atoms with Gasteiger partial charge in [-0.15, -0.1) is 0 Å². The predicted octanol–water partition coefficient (Wildman–Crippen LogP) is 6.08. The second kappa shape index (κ2) is 7.95. The number of rotatable bonds is 5. The van der Waals surface area contributed by atoms with Crippen LogP contribution in [0.5, 0.6) is 0 Å². The fourth-order valence-corrected chi connectivity index (χ4v) is 4.56. The van der Waals surface area contributed by atoms with Crippen molar-refractivity contribution in [3.63, 3.8) is 0 Å². The molecule has 1 aromatic carbocycles. The van der Waals surface area contributed by atoms with Crippen LogP contribution in [0.3, 0.4) is 0 Å². The van der Waals surface area contributed by atoms with Crippen LogP contribution in [0.4, 0.5) is 0 Å². The quantitative estimate of drug-likeness (QED) is 0.629. The van der Waals surface area contributed by atoms with E-state index in [0.29, 0.717) is 6.04 Å². The van der Waals surface area contributed by atoms with Crippen molar-refractivity contribution in [2.75, 3.05) is 6.54 Å². The van der Waals surface area contributed by atoms with Gasteiger partial charge in [-0.25, -0.2) is 0 Å². The summed E-state index contributed by atoms with van der Waals surface area (Å²) in [4.78, 5) is 0.